The summed E-state index contributed by atoms with van der Waals surface area (Å²) in [4.78, 5) is 101. The number of nitrogens with two attached hydrogens (primary N) is 1. The highest BCUT2D eigenvalue weighted by Crippen LogP contribution is 2.69. The van der Waals surface area contributed by atoms with Crippen molar-refractivity contribution in [3.8, 4) is 0 Å². The maximum absolute atomic E-state index is 14.4. The number of carbonyl (C=O) groups is 8. The zero-order valence-corrected chi connectivity index (χ0v) is 40.4. The second-order valence-corrected chi connectivity index (χ2v) is 19.7. The van der Waals surface area contributed by atoms with Crippen molar-refractivity contribution in [3.63, 3.8) is 0 Å². The molecule has 1 aromatic rings. The summed E-state index contributed by atoms with van der Waals surface area (Å²) in [6.45, 7) is 9.80. The maximum atomic E-state index is 14.4. The maximum Gasteiger partial charge on any atom is 0.407 e. The topological polar surface area (TPSA) is 292 Å². The molecule has 4 aliphatic carbocycles. The minimum Gasteiger partial charge on any atom is -0.445 e. The van der Waals surface area contributed by atoms with Gasteiger partial charge >= 0.3 is 12.1 Å². The first kappa shape index (κ1) is 52.7. The highest BCUT2D eigenvalue weighted by Gasteiger charge is 2.75. The lowest BCUT2D eigenvalue weighted by molar-refractivity contribution is -0.201. The molecule has 0 aromatic heterocycles. The number of ketones is 2. The van der Waals surface area contributed by atoms with Crippen LogP contribution in [0.25, 0.3) is 0 Å². The molecule has 1 aromatic carbocycles. The van der Waals surface area contributed by atoms with Gasteiger partial charge in [0.2, 0.25) is 23.6 Å². The summed E-state index contributed by atoms with van der Waals surface area (Å²) in [5, 5.41) is 27.3. The van der Waals surface area contributed by atoms with Gasteiger partial charge in [0.25, 0.3) is 0 Å². The van der Waals surface area contributed by atoms with Gasteiger partial charge in [0.05, 0.1) is 12.2 Å². The van der Waals surface area contributed by atoms with Crippen LogP contribution in [0.3, 0.4) is 0 Å². The summed E-state index contributed by atoms with van der Waals surface area (Å²) in [6, 6.07) is 3.75. The monoisotopic (exact) mass is 963 g/mol. The van der Waals surface area contributed by atoms with E-state index in [2.05, 4.69) is 38.8 Å². The molecule has 5 aliphatic rings. The number of anilines is 1. The predicted molar refractivity (Wildman–Crippen MR) is 249 cm³/mol. The fourth-order valence-electron chi connectivity index (χ4n) is 11.5. The number of primary amides is 1. The Bertz CT molecular complexity index is 2180. The van der Waals surface area contributed by atoms with Crippen molar-refractivity contribution in [1.82, 2.24) is 26.6 Å². The van der Waals surface area contributed by atoms with Gasteiger partial charge in [-0.25, -0.2) is 9.59 Å². The molecule has 7 amide bonds. The molecule has 0 bridgehead atoms. The van der Waals surface area contributed by atoms with Crippen LogP contribution in [0.1, 0.15) is 98.5 Å². The van der Waals surface area contributed by atoms with Crippen molar-refractivity contribution in [2.24, 2.45) is 40.2 Å². The van der Waals surface area contributed by atoms with Crippen molar-refractivity contribution in [1.29, 1.82) is 0 Å². The third-order valence-corrected chi connectivity index (χ3v) is 14.7. The van der Waals surface area contributed by atoms with Crippen LogP contribution in [0.4, 0.5) is 15.3 Å². The van der Waals surface area contributed by atoms with E-state index in [1.165, 1.54) is 6.92 Å². The van der Waals surface area contributed by atoms with E-state index in [9.17, 15) is 43.5 Å². The normalized spacial score (nSPS) is 29.4. The van der Waals surface area contributed by atoms with Crippen molar-refractivity contribution in [2.45, 2.75) is 136 Å². The average molecular weight is 964 g/mol. The van der Waals surface area contributed by atoms with E-state index in [-0.39, 0.29) is 68.1 Å². The highest BCUT2D eigenvalue weighted by molar-refractivity contribution is 6.01. The summed E-state index contributed by atoms with van der Waals surface area (Å²) < 4.78 is 24.1. The van der Waals surface area contributed by atoms with Crippen LogP contribution in [-0.4, -0.2) is 115 Å². The number of alkyl carbamates (subject to hydrolysis) is 1. The quantitative estimate of drug-likeness (QED) is 0.0651. The number of hydrogen-bond donors (Lipinski definition) is 8. The lowest BCUT2D eigenvalue weighted by Gasteiger charge is -2.59. The first-order valence-electron chi connectivity index (χ1n) is 24.0. The average Bonchev–Trinajstić information content (AvgIpc) is 3.78. The molecule has 9 N–H and O–H groups in total. The fraction of sp³-hybridized carbons (Fsp3) is 0.633. The van der Waals surface area contributed by atoms with Gasteiger partial charge in [-0.1, -0.05) is 64.8 Å². The van der Waals surface area contributed by atoms with Gasteiger partial charge < -0.3 is 61.7 Å². The molecule has 4 fully saturated rings. The van der Waals surface area contributed by atoms with Gasteiger partial charge in [-0.2, -0.15) is 0 Å². The zero-order valence-electron chi connectivity index (χ0n) is 40.4. The Kier molecular flexibility index (Phi) is 17.1. The van der Waals surface area contributed by atoms with Gasteiger partial charge in [-0.05, 0) is 92.5 Å². The van der Waals surface area contributed by atoms with Gasteiger partial charge in [-0.15, -0.1) is 0 Å². The van der Waals surface area contributed by atoms with Crippen LogP contribution in [0.2, 0.25) is 0 Å². The summed E-state index contributed by atoms with van der Waals surface area (Å²) in [5.41, 5.74) is 4.51. The molecule has 1 unspecified atom stereocenters. The Morgan fingerprint density at radius 2 is 1.74 bits per heavy atom. The molecule has 1 aliphatic heterocycles. The number of urea groups is 1. The number of amides is 7. The number of fused-ring (bicyclic) bond motifs is 7. The molecule has 6 rings (SSSR count). The number of allylic oxidation sites excluding steroid dienone is 4. The number of nitrogens with one attached hydrogen (secondary N) is 6. The third-order valence-electron chi connectivity index (χ3n) is 14.7. The van der Waals surface area contributed by atoms with E-state index >= 15 is 0 Å². The SMILES string of the molecule is CCCC1O[C@@H]2C[C@H]3[C@@H]4CCC5=CC(=O)C=C[C@]5(C)[C@H]4[C@@H](O)C[C@]3(C)[C@]2(C(=O)COCNC(=O)CNC(=O)OCc2ccc(NC(=O)[C@H](CCCNC(N)=O)NC(=O)[C@@H](NC(C)=O)C(C)C)cc2)O1. The second kappa shape index (κ2) is 22.4. The van der Waals surface area contributed by atoms with E-state index in [1.54, 1.807) is 50.3 Å². The summed E-state index contributed by atoms with van der Waals surface area (Å²) in [7, 11) is 0. The standard InChI is InChI=1S/C49H69N7O13/c1-7-9-40-68-38-21-34-33-16-13-30-20-32(58)17-18-47(30,5)41(33)36(59)22-48(34,6)49(38,69-40)37(60)25-66-26-53-39(61)23-52-46(65)67-24-29-11-14-31(15-12-29)55-43(62)35(10-8-19-51-45(50)64)56-44(63)42(27(2)3)54-28(4)57/h11-12,14-15,17-18,20,27,33-36,38,40-42,59H,7-10,13,16,19,21-26H2,1-6H3,(H,52,65)(H,53,61)(H,54,57)(H,55,62)(H,56,63)(H3,50,51,64)/t33-,34-,35-,36-,38+,40?,41+,42-,47-,48-,49+/m0/s1. The largest absolute Gasteiger partial charge is 0.445 e. The van der Waals surface area contributed by atoms with Gasteiger partial charge in [-0.3, -0.25) is 28.8 Å². The minimum absolute atomic E-state index is 0.00297. The van der Waals surface area contributed by atoms with Crippen LogP contribution in [0, 0.1) is 34.5 Å². The number of rotatable bonds is 21. The molecular formula is C49H69N7O13. The van der Waals surface area contributed by atoms with Crippen molar-refractivity contribution < 1.29 is 62.4 Å². The van der Waals surface area contributed by atoms with Crippen LogP contribution < -0.4 is 37.6 Å². The van der Waals surface area contributed by atoms with E-state index in [1.807, 2.05) is 19.9 Å². The lowest BCUT2D eigenvalue weighted by Crippen LogP contribution is -2.63. The number of aliphatic hydroxyl groups is 1. The molecule has 378 valence electrons. The Balaban J connectivity index is 0.955. The van der Waals surface area contributed by atoms with E-state index < -0.39 is 89.3 Å². The number of Topliss-reactive ketones (excluding diaryl/α,β-unsaturated/α-hetero) is 1. The smallest absolute Gasteiger partial charge is 0.407 e. The number of hydrogen-bond acceptors (Lipinski definition) is 13. The van der Waals surface area contributed by atoms with Crippen LogP contribution in [0.15, 0.2) is 48.1 Å². The second-order valence-electron chi connectivity index (χ2n) is 19.7. The van der Waals surface area contributed by atoms with Crippen LogP contribution in [0.5, 0.6) is 0 Å². The first-order chi connectivity index (χ1) is 32.7. The van der Waals surface area contributed by atoms with Crippen molar-refractivity contribution in [3.05, 3.63) is 53.6 Å². The number of ether oxygens (including phenoxy) is 4. The molecule has 1 saturated heterocycles. The van der Waals surface area contributed by atoms with Crippen LogP contribution >= 0.6 is 0 Å². The Morgan fingerprint density at radius 1 is 1.00 bits per heavy atom. The molecule has 11 atom stereocenters. The van der Waals surface area contributed by atoms with E-state index in [0.29, 0.717) is 36.9 Å². The molecule has 69 heavy (non-hydrogen) atoms. The molecule has 3 saturated carbocycles. The summed E-state index contributed by atoms with van der Waals surface area (Å²) >= 11 is 0. The lowest BCUT2D eigenvalue weighted by atomic mass is 9.46. The van der Waals surface area contributed by atoms with Gasteiger partial charge in [0.15, 0.2) is 23.5 Å². The Hall–Kier alpha value is -5.70. The Labute approximate surface area is 402 Å². The highest BCUT2D eigenvalue weighted by atomic mass is 16.7. The zero-order chi connectivity index (χ0) is 50.3. The number of aliphatic hydroxyl groups excluding tert-OH is 1. The number of benzene rings is 1. The first-order valence-corrected chi connectivity index (χ1v) is 24.0. The predicted octanol–water partition coefficient (Wildman–Crippen LogP) is 2.77. The van der Waals surface area contributed by atoms with Crippen LogP contribution in [-0.2, 0) is 54.3 Å². The van der Waals surface area contributed by atoms with E-state index in [4.69, 9.17) is 24.7 Å². The molecule has 0 spiro atoms. The summed E-state index contributed by atoms with van der Waals surface area (Å²) in [5.74, 6) is -2.78. The molecule has 20 nitrogen and oxygen atoms in total. The van der Waals surface area contributed by atoms with Gasteiger partial charge in [0, 0.05) is 35.9 Å². The summed E-state index contributed by atoms with van der Waals surface area (Å²) in [6.07, 6.45) is 6.73. The third kappa shape index (κ3) is 11.7. The molecular weight excluding hydrogens is 895 g/mol. The molecule has 0 radical (unpaired) electrons. The minimum atomic E-state index is -1.37. The Morgan fingerprint density at radius 3 is 2.42 bits per heavy atom. The molecule has 20 heteroatoms. The van der Waals surface area contributed by atoms with Crippen molar-refractivity contribution in [2.75, 3.05) is 31.7 Å². The molecule has 1 heterocycles. The van der Waals surface area contributed by atoms with Crippen molar-refractivity contribution >= 4 is 53.0 Å². The number of carbonyl (C=O) groups excluding carboxylic acids is 8. The van der Waals surface area contributed by atoms with Gasteiger partial charge in [0.1, 0.15) is 38.6 Å². The van der Waals surface area contributed by atoms with E-state index in [0.717, 1.165) is 24.8 Å². The fourth-order valence-corrected chi connectivity index (χ4v) is 11.5.